The van der Waals surface area contributed by atoms with Gasteiger partial charge in [0.15, 0.2) is 17.2 Å². The van der Waals surface area contributed by atoms with Crippen molar-refractivity contribution in [1.29, 1.82) is 0 Å². The van der Waals surface area contributed by atoms with E-state index in [4.69, 9.17) is 9.47 Å². The third-order valence-corrected chi connectivity index (χ3v) is 4.95. The maximum atomic E-state index is 12.4. The van der Waals surface area contributed by atoms with E-state index in [9.17, 15) is 9.90 Å². The molecule has 2 aromatic carbocycles. The third-order valence-electron chi connectivity index (χ3n) is 4.95. The molecule has 0 fully saturated rings. The minimum atomic E-state index is -1.06. The molecule has 3 N–H and O–H groups in total. The van der Waals surface area contributed by atoms with Crippen LogP contribution in [0.1, 0.15) is 25.8 Å². The van der Waals surface area contributed by atoms with Crippen LogP contribution in [-0.4, -0.2) is 25.3 Å². The number of nitrogens with one attached hydrogen (secondary N) is 2. The second kappa shape index (κ2) is 7.39. The van der Waals surface area contributed by atoms with Gasteiger partial charge in [-0.05, 0) is 30.5 Å². The lowest BCUT2D eigenvalue weighted by atomic mass is 9.80. The topological polar surface area (TPSA) is 79.8 Å². The molecule has 1 aliphatic heterocycles. The lowest BCUT2D eigenvalue weighted by Gasteiger charge is -2.38. The molecule has 0 saturated carbocycles. The predicted molar refractivity (Wildman–Crippen MR) is 105 cm³/mol. The van der Waals surface area contributed by atoms with E-state index in [0.29, 0.717) is 23.5 Å². The molecule has 6 nitrogen and oxygen atoms in total. The number of carbonyl (C=O) groups is 1. The van der Waals surface area contributed by atoms with Gasteiger partial charge in [0.05, 0.1) is 25.6 Å². The molecule has 0 radical (unpaired) electrons. The Morgan fingerprint density at radius 3 is 2.15 bits per heavy atom. The number of hydrogen-bond acceptors (Lipinski definition) is 5. The Hall–Kier alpha value is -2.89. The van der Waals surface area contributed by atoms with Crippen LogP contribution in [-0.2, 0) is 10.5 Å². The van der Waals surface area contributed by atoms with Gasteiger partial charge >= 0.3 is 5.97 Å². The van der Waals surface area contributed by atoms with E-state index in [0.717, 1.165) is 11.4 Å². The van der Waals surface area contributed by atoms with Gasteiger partial charge in [-0.15, -0.1) is 0 Å². The van der Waals surface area contributed by atoms with Crippen LogP contribution < -0.4 is 20.1 Å². The standard InChI is InChI=1S/C21H26N2O4/c1-13(2)12-15(20(24)25)21(22-16-9-5-6-10-17(16)23-21)14-8-7-11-18(26-3)19(14)27-4/h5-11,13,15,22-23H,12H2,1-4H3,(H,24,25). The number of rotatable bonds is 7. The van der Waals surface area contributed by atoms with Gasteiger partial charge in [-0.1, -0.05) is 38.1 Å². The number of para-hydroxylation sites is 3. The van der Waals surface area contributed by atoms with Crippen molar-refractivity contribution in [2.75, 3.05) is 24.9 Å². The molecule has 6 heteroatoms. The minimum Gasteiger partial charge on any atom is -0.493 e. The zero-order valence-electron chi connectivity index (χ0n) is 16.1. The largest absolute Gasteiger partial charge is 0.493 e. The monoisotopic (exact) mass is 370 g/mol. The first-order valence-corrected chi connectivity index (χ1v) is 9.02. The Kier molecular flexibility index (Phi) is 5.17. The van der Waals surface area contributed by atoms with Crippen molar-refractivity contribution >= 4 is 17.3 Å². The van der Waals surface area contributed by atoms with Crippen LogP contribution in [0.4, 0.5) is 11.4 Å². The van der Waals surface area contributed by atoms with E-state index in [1.54, 1.807) is 20.3 Å². The molecule has 0 saturated heterocycles. The molecule has 0 amide bonds. The Balaban J connectivity index is 2.23. The zero-order chi connectivity index (χ0) is 19.6. The average Bonchev–Trinajstić information content (AvgIpc) is 3.05. The molecule has 1 unspecified atom stereocenters. The van der Waals surface area contributed by atoms with Gasteiger partial charge in [-0.3, -0.25) is 4.79 Å². The quantitative estimate of drug-likeness (QED) is 0.680. The zero-order valence-corrected chi connectivity index (χ0v) is 16.1. The minimum absolute atomic E-state index is 0.201. The Labute approximate surface area is 159 Å². The summed E-state index contributed by atoms with van der Waals surface area (Å²) in [5.41, 5.74) is 1.36. The first kappa shape index (κ1) is 18.9. The van der Waals surface area contributed by atoms with Crippen LogP contribution in [0.25, 0.3) is 0 Å². The number of methoxy groups -OCH3 is 2. The van der Waals surface area contributed by atoms with Crippen molar-refractivity contribution in [3.63, 3.8) is 0 Å². The first-order valence-electron chi connectivity index (χ1n) is 9.02. The summed E-state index contributed by atoms with van der Waals surface area (Å²) in [5, 5.41) is 17.0. The number of anilines is 2. The number of carboxylic acid groups (broad SMARTS) is 1. The maximum Gasteiger partial charge on any atom is 0.311 e. The summed E-state index contributed by atoms with van der Waals surface area (Å²) in [5.74, 6) is -0.329. The van der Waals surface area contributed by atoms with Crippen LogP contribution in [0.2, 0.25) is 0 Å². The van der Waals surface area contributed by atoms with Gasteiger partial charge in [-0.2, -0.15) is 0 Å². The molecule has 1 aliphatic rings. The summed E-state index contributed by atoms with van der Waals surface area (Å²) in [6.45, 7) is 4.04. The molecule has 2 aromatic rings. The van der Waals surface area contributed by atoms with E-state index >= 15 is 0 Å². The van der Waals surface area contributed by atoms with Gasteiger partial charge in [0.1, 0.15) is 5.92 Å². The summed E-state index contributed by atoms with van der Waals surface area (Å²) in [4.78, 5) is 12.4. The normalized spacial score (nSPS) is 15.4. The molecule has 0 bridgehead atoms. The van der Waals surface area contributed by atoms with Gasteiger partial charge in [0, 0.05) is 5.56 Å². The number of carboxylic acids is 1. The molecule has 0 spiro atoms. The molecule has 144 valence electrons. The molecular formula is C21H26N2O4. The average molecular weight is 370 g/mol. The highest BCUT2D eigenvalue weighted by atomic mass is 16.5. The molecule has 0 aromatic heterocycles. The molecular weight excluding hydrogens is 344 g/mol. The molecule has 3 rings (SSSR count). The Morgan fingerprint density at radius 2 is 1.67 bits per heavy atom. The van der Waals surface area contributed by atoms with Gasteiger partial charge < -0.3 is 25.2 Å². The van der Waals surface area contributed by atoms with Crippen LogP contribution >= 0.6 is 0 Å². The number of aliphatic carboxylic acids is 1. The van der Waals surface area contributed by atoms with Crippen molar-refractivity contribution in [2.24, 2.45) is 11.8 Å². The Bertz CT molecular complexity index is 810. The lowest BCUT2D eigenvalue weighted by molar-refractivity contribution is -0.144. The second-order valence-corrected chi connectivity index (χ2v) is 7.17. The van der Waals surface area contributed by atoms with E-state index in [1.165, 1.54) is 0 Å². The van der Waals surface area contributed by atoms with E-state index < -0.39 is 17.6 Å². The smallest absolute Gasteiger partial charge is 0.311 e. The number of fused-ring (bicyclic) bond motifs is 1. The molecule has 0 aliphatic carbocycles. The van der Waals surface area contributed by atoms with Crippen molar-refractivity contribution in [1.82, 2.24) is 0 Å². The lowest BCUT2D eigenvalue weighted by Crippen LogP contribution is -2.50. The maximum absolute atomic E-state index is 12.4. The summed E-state index contributed by atoms with van der Waals surface area (Å²) in [6.07, 6.45) is 0.490. The Morgan fingerprint density at radius 1 is 1.04 bits per heavy atom. The van der Waals surface area contributed by atoms with Crippen LogP contribution in [0.5, 0.6) is 11.5 Å². The van der Waals surface area contributed by atoms with Crippen molar-refractivity contribution in [3.8, 4) is 11.5 Å². The highest BCUT2D eigenvalue weighted by Crippen LogP contribution is 2.49. The SMILES string of the molecule is COc1cccc(C2(C(CC(C)C)C(=O)O)Nc3ccccc3N2)c1OC. The highest BCUT2D eigenvalue weighted by Gasteiger charge is 2.50. The fourth-order valence-corrected chi connectivity index (χ4v) is 3.79. The summed E-state index contributed by atoms with van der Waals surface area (Å²) >= 11 is 0. The predicted octanol–water partition coefficient (Wildman–Crippen LogP) is 4.14. The fraction of sp³-hybridized carbons (Fsp3) is 0.381. The highest BCUT2D eigenvalue weighted by molar-refractivity contribution is 5.83. The number of hydrogen-bond donors (Lipinski definition) is 3. The van der Waals surface area contributed by atoms with Crippen molar-refractivity contribution < 1.29 is 19.4 Å². The molecule has 1 atom stereocenters. The van der Waals surface area contributed by atoms with Gasteiger partial charge in [0.25, 0.3) is 0 Å². The molecule has 1 heterocycles. The summed E-state index contributed by atoms with van der Waals surface area (Å²) in [6, 6.07) is 13.2. The second-order valence-electron chi connectivity index (χ2n) is 7.17. The van der Waals surface area contributed by atoms with E-state index in [2.05, 4.69) is 10.6 Å². The van der Waals surface area contributed by atoms with Crippen LogP contribution in [0.15, 0.2) is 42.5 Å². The number of benzene rings is 2. The van der Waals surface area contributed by atoms with Crippen molar-refractivity contribution in [2.45, 2.75) is 25.9 Å². The number of ether oxygens (including phenoxy) is 2. The van der Waals surface area contributed by atoms with E-state index in [1.807, 2.05) is 50.2 Å². The summed E-state index contributed by atoms with van der Waals surface area (Å²) < 4.78 is 11.1. The van der Waals surface area contributed by atoms with Crippen LogP contribution in [0.3, 0.4) is 0 Å². The van der Waals surface area contributed by atoms with Crippen molar-refractivity contribution in [3.05, 3.63) is 48.0 Å². The van der Waals surface area contributed by atoms with Gasteiger partial charge in [-0.25, -0.2) is 0 Å². The van der Waals surface area contributed by atoms with Crippen LogP contribution in [0, 0.1) is 11.8 Å². The summed E-state index contributed by atoms with van der Waals surface area (Å²) in [7, 11) is 3.14. The fourth-order valence-electron chi connectivity index (χ4n) is 3.79. The third kappa shape index (κ3) is 3.27. The molecule has 27 heavy (non-hydrogen) atoms. The van der Waals surface area contributed by atoms with E-state index in [-0.39, 0.29) is 5.92 Å². The first-order chi connectivity index (χ1) is 12.9. The van der Waals surface area contributed by atoms with Gasteiger partial charge in [0.2, 0.25) is 0 Å².